The monoisotopic (exact) mass is 360 g/mol. The van der Waals surface area contributed by atoms with Crippen molar-refractivity contribution >= 4 is 36.3 Å². The van der Waals surface area contributed by atoms with Crippen LogP contribution in [0.2, 0.25) is 0 Å². The van der Waals surface area contributed by atoms with E-state index >= 15 is 0 Å². The third-order valence-corrected chi connectivity index (χ3v) is 4.05. The van der Waals surface area contributed by atoms with Crippen LogP contribution in [0.4, 0.5) is 0 Å². The summed E-state index contributed by atoms with van der Waals surface area (Å²) in [4.78, 5) is 46.6. The highest BCUT2D eigenvalue weighted by molar-refractivity contribution is 7.80. The smallest absolute Gasteiger partial charge is 0.326 e. The molecule has 9 nitrogen and oxygen atoms in total. The number of hydrogen-bond donors (Lipinski definition) is 6. The van der Waals surface area contributed by atoms with Gasteiger partial charge in [-0.05, 0) is 32.2 Å². The lowest BCUT2D eigenvalue weighted by atomic mass is 10.1. The van der Waals surface area contributed by atoms with Crippen molar-refractivity contribution in [3.05, 3.63) is 0 Å². The van der Waals surface area contributed by atoms with Crippen molar-refractivity contribution in [2.75, 3.05) is 12.3 Å². The standard InChI is InChI=1S/C14H24N4O5S/c15-6-2-1-3-9(14(22)23)17-13(21)10(7-24)18-12(20)8-4-5-11(19)16-8/h8-10,24H,1-7,15H2,(H,16,19)(H,17,21)(H,18,20)(H,22,23). The number of carboxylic acids is 1. The van der Waals surface area contributed by atoms with E-state index in [-0.39, 0.29) is 24.5 Å². The molecule has 1 heterocycles. The molecule has 6 N–H and O–H groups in total. The van der Waals surface area contributed by atoms with Crippen molar-refractivity contribution in [3.63, 3.8) is 0 Å². The number of aliphatic carboxylic acids is 1. The van der Waals surface area contributed by atoms with Crippen LogP contribution in [0.15, 0.2) is 0 Å². The minimum Gasteiger partial charge on any atom is -0.480 e. The molecule has 1 aliphatic rings. The van der Waals surface area contributed by atoms with Crippen molar-refractivity contribution in [1.82, 2.24) is 16.0 Å². The number of thiol groups is 1. The predicted octanol–water partition coefficient (Wildman–Crippen LogP) is -1.62. The molecule has 1 aliphatic heterocycles. The van der Waals surface area contributed by atoms with Gasteiger partial charge in [-0.1, -0.05) is 0 Å². The summed E-state index contributed by atoms with van der Waals surface area (Å²) < 4.78 is 0. The SMILES string of the molecule is NCCCCC(NC(=O)C(CS)NC(=O)C1CCC(=O)N1)C(=O)O. The third kappa shape index (κ3) is 6.36. The molecule has 24 heavy (non-hydrogen) atoms. The summed E-state index contributed by atoms with van der Waals surface area (Å²) in [6, 6.07) is -2.70. The van der Waals surface area contributed by atoms with Gasteiger partial charge in [-0.15, -0.1) is 0 Å². The van der Waals surface area contributed by atoms with Crippen molar-refractivity contribution in [2.24, 2.45) is 5.73 Å². The topological polar surface area (TPSA) is 151 Å². The molecular weight excluding hydrogens is 336 g/mol. The number of carboxylic acid groups (broad SMARTS) is 1. The van der Waals surface area contributed by atoms with Crippen molar-refractivity contribution in [1.29, 1.82) is 0 Å². The van der Waals surface area contributed by atoms with E-state index in [1.54, 1.807) is 0 Å². The molecule has 136 valence electrons. The molecule has 3 unspecified atom stereocenters. The van der Waals surface area contributed by atoms with Crippen LogP contribution in [0.25, 0.3) is 0 Å². The predicted molar refractivity (Wildman–Crippen MR) is 89.4 cm³/mol. The fourth-order valence-electron chi connectivity index (χ4n) is 2.30. The highest BCUT2D eigenvalue weighted by Crippen LogP contribution is 2.07. The van der Waals surface area contributed by atoms with Gasteiger partial charge in [0.25, 0.3) is 0 Å². The molecule has 0 aromatic rings. The van der Waals surface area contributed by atoms with Crippen LogP contribution in [-0.2, 0) is 19.2 Å². The Morgan fingerprint density at radius 2 is 2.00 bits per heavy atom. The normalized spacial score (nSPS) is 19.2. The summed E-state index contributed by atoms with van der Waals surface area (Å²) in [5.41, 5.74) is 5.36. The Bertz CT molecular complexity index is 488. The molecule has 3 atom stereocenters. The summed E-state index contributed by atoms with van der Waals surface area (Å²) in [5.74, 6) is -2.46. The van der Waals surface area contributed by atoms with E-state index < -0.39 is 35.9 Å². The Labute approximate surface area is 145 Å². The second-order valence-electron chi connectivity index (χ2n) is 5.59. The van der Waals surface area contributed by atoms with E-state index in [4.69, 9.17) is 10.8 Å². The van der Waals surface area contributed by atoms with Gasteiger partial charge in [0.2, 0.25) is 17.7 Å². The molecule has 1 saturated heterocycles. The number of nitrogens with two attached hydrogens (primary N) is 1. The molecule has 0 aromatic heterocycles. The molecule has 0 saturated carbocycles. The molecule has 0 bridgehead atoms. The first kappa shape index (κ1) is 20.2. The Hall–Kier alpha value is -1.81. The lowest BCUT2D eigenvalue weighted by Crippen LogP contribution is -2.55. The van der Waals surface area contributed by atoms with Crippen molar-refractivity contribution in [3.8, 4) is 0 Å². The van der Waals surface area contributed by atoms with E-state index in [2.05, 4.69) is 28.6 Å². The van der Waals surface area contributed by atoms with Crippen LogP contribution in [0.1, 0.15) is 32.1 Å². The average molecular weight is 360 g/mol. The number of amides is 3. The fraction of sp³-hybridized carbons (Fsp3) is 0.714. The van der Waals surface area contributed by atoms with Gasteiger partial charge < -0.3 is 26.8 Å². The average Bonchev–Trinajstić information content (AvgIpc) is 2.97. The maximum atomic E-state index is 12.2. The van der Waals surface area contributed by atoms with Gasteiger partial charge in [-0.3, -0.25) is 14.4 Å². The number of rotatable bonds is 10. The number of carbonyl (C=O) groups is 4. The van der Waals surface area contributed by atoms with Crippen molar-refractivity contribution < 1.29 is 24.3 Å². The molecule has 1 fully saturated rings. The van der Waals surface area contributed by atoms with E-state index in [0.29, 0.717) is 25.8 Å². The van der Waals surface area contributed by atoms with Crippen LogP contribution in [-0.4, -0.2) is 59.2 Å². The molecule has 10 heteroatoms. The van der Waals surface area contributed by atoms with Gasteiger partial charge in [0.05, 0.1) is 0 Å². The maximum Gasteiger partial charge on any atom is 0.326 e. The highest BCUT2D eigenvalue weighted by atomic mass is 32.1. The van der Waals surface area contributed by atoms with E-state index in [1.165, 1.54) is 0 Å². The van der Waals surface area contributed by atoms with E-state index in [1.807, 2.05) is 0 Å². The summed E-state index contributed by atoms with van der Waals surface area (Å²) in [5, 5.41) is 16.5. The molecule has 0 spiro atoms. The minimum absolute atomic E-state index is 0.00732. The second-order valence-corrected chi connectivity index (χ2v) is 5.95. The van der Waals surface area contributed by atoms with Gasteiger partial charge in [0, 0.05) is 12.2 Å². The van der Waals surface area contributed by atoms with Crippen molar-refractivity contribution in [2.45, 2.75) is 50.2 Å². The third-order valence-electron chi connectivity index (χ3n) is 3.69. The minimum atomic E-state index is -1.15. The van der Waals surface area contributed by atoms with Crippen LogP contribution < -0.4 is 21.7 Å². The Morgan fingerprint density at radius 1 is 1.29 bits per heavy atom. The molecule has 3 amide bonds. The first-order valence-electron chi connectivity index (χ1n) is 7.82. The Balaban J connectivity index is 2.55. The first-order valence-corrected chi connectivity index (χ1v) is 8.46. The lowest BCUT2D eigenvalue weighted by molar-refractivity contribution is -0.142. The van der Waals surface area contributed by atoms with Crippen LogP contribution >= 0.6 is 12.6 Å². The first-order chi connectivity index (χ1) is 11.4. The molecule has 0 radical (unpaired) electrons. The van der Waals surface area contributed by atoms with Gasteiger partial charge >= 0.3 is 5.97 Å². The molecule has 1 rings (SSSR count). The molecular formula is C14H24N4O5S. The highest BCUT2D eigenvalue weighted by Gasteiger charge is 2.31. The summed E-state index contributed by atoms with van der Waals surface area (Å²) in [6.45, 7) is 0.447. The summed E-state index contributed by atoms with van der Waals surface area (Å²) in [7, 11) is 0. The second kappa shape index (κ2) is 10.1. The zero-order chi connectivity index (χ0) is 18.1. The van der Waals surface area contributed by atoms with Gasteiger partial charge in [0.1, 0.15) is 18.1 Å². The quantitative estimate of drug-likeness (QED) is 0.203. The zero-order valence-electron chi connectivity index (χ0n) is 13.3. The van der Waals surface area contributed by atoms with E-state index in [9.17, 15) is 19.2 Å². The summed E-state index contributed by atoms with van der Waals surface area (Å²) in [6.07, 6.45) is 2.11. The summed E-state index contributed by atoms with van der Waals surface area (Å²) >= 11 is 4.02. The Morgan fingerprint density at radius 3 is 2.50 bits per heavy atom. The maximum absolute atomic E-state index is 12.2. The Kier molecular flexibility index (Phi) is 8.55. The molecule has 0 aliphatic carbocycles. The number of nitrogens with one attached hydrogen (secondary N) is 3. The van der Waals surface area contributed by atoms with Crippen LogP contribution in [0, 0.1) is 0 Å². The molecule has 0 aromatic carbocycles. The van der Waals surface area contributed by atoms with E-state index in [0.717, 1.165) is 0 Å². The largest absolute Gasteiger partial charge is 0.480 e. The number of hydrogen-bond acceptors (Lipinski definition) is 6. The zero-order valence-corrected chi connectivity index (χ0v) is 14.2. The van der Waals surface area contributed by atoms with Gasteiger partial charge in [0.15, 0.2) is 0 Å². The number of carbonyl (C=O) groups excluding carboxylic acids is 3. The fourth-order valence-corrected chi connectivity index (χ4v) is 2.56. The van der Waals surface area contributed by atoms with Crippen LogP contribution in [0.5, 0.6) is 0 Å². The van der Waals surface area contributed by atoms with Gasteiger partial charge in [-0.25, -0.2) is 4.79 Å². The van der Waals surface area contributed by atoms with Gasteiger partial charge in [-0.2, -0.15) is 12.6 Å². The lowest BCUT2D eigenvalue weighted by Gasteiger charge is -2.21. The number of unbranched alkanes of at least 4 members (excludes halogenated alkanes) is 1. The van der Waals surface area contributed by atoms with Crippen LogP contribution in [0.3, 0.4) is 0 Å².